The second kappa shape index (κ2) is 12.6. The Morgan fingerprint density at radius 2 is 1.30 bits per heavy atom. The van der Waals surface area contributed by atoms with Gasteiger partial charge in [-0.1, -0.05) is 26.7 Å². The van der Waals surface area contributed by atoms with Gasteiger partial charge in [-0.15, -0.1) is 0 Å². The van der Waals surface area contributed by atoms with Crippen molar-refractivity contribution in [2.24, 2.45) is 0 Å². The maximum atomic E-state index is 8.88. The number of aliphatic hydroxyl groups excluding tert-OH is 1. The van der Waals surface area contributed by atoms with E-state index in [1.165, 1.54) is 0 Å². The van der Waals surface area contributed by atoms with E-state index in [9.17, 15) is 0 Å². The topological polar surface area (TPSA) is 47.9 Å². The Hall–Kier alpha value is -0.160. The van der Waals surface area contributed by atoms with Crippen molar-refractivity contribution in [3.8, 4) is 0 Å². The van der Waals surface area contributed by atoms with Crippen molar-refractivity contribution in [3.63, 3.8) is 0 Å². The molecule has 0 aliphatic carbocycles. The minimum atomic E-state index is -0.131. The Kier molecular flexibility index (Phi) is 12.5. The summed E-state index contributed by atoms with van der Waals surface area (Å²) in [5, 5.41) is 8.88. The monoisotopic (exact) mass is 290 g/mol. The molecule has 0 bridgehead atoms. The maximum absolute atomic E-state index is 8.88. The number of hydrogen-bond donors (Lipinski definition) is 1. The Morgan fingerprint density at radius 1 is 0.800 bits per heavy atom. The Bertz CT molecular complexity index is 205. The molecule has 0 radical (unpaired) electrons. The normalized spacial score (nSPS) is 16.4. The number of hydrogen-bond acceptors (Lipinski definition) is 4. The molecule has 4 nitrogen and oxygen atoms in total. The average molecular weight is 290 g/mol. The van der Waals surface area contributed by atoms with Crippen molar-refractivity contribution >= 4 is 0 Å². The molecule has 0 aromatic rings. The SMILES string of the molecule is CCCC(CCC)OC(C)COC(C)COC(C)CO. The van der Waals surface area contributed by atoms with E-state index in [1.54, 1.807) is 0 Å². The molecule has 0 saturated heterocycles. The number of rotatable bonds is 13. The summed E-state index contributed by atoms with van der Waals surface area (Å²) in [6.45, 7) is 11.4. The minimum Gasteiger partial charge on any atom is -0.394 e. The fraction of sp³-hybridized carbons (Fsp3) is 1.00. The molecule has 1 N–H and O–H groups in total. The van der Waals surface area contributed by atoms with Gasteiger partial charge >= 0.3 is 0 Å². The molecule has 0 aromatic carbocycles. The van der Waals surface area contributed by atoms with Crippen LogP contribution in [-0.4, -0.2) is 49.3 Å². The Morgan fingerprint density at radius 3 is 1.80 bits per heavy atom. The summed E-state index contributed by atoms with van der Waals surface area (Å²) >= 11 is 0. The van der Waals surface area contributed by atoms with Crippen molar-refractivity contribution in [2.75, 3.05) is 19.8 Å². The van der Waals surface area contributed by atoms with Gasteiger partial charge in [0.05, 0.1) is 44.2 Å². The summed E-state index contributed by atoms with van der Waals surface area (Å²) in [4.78, 5) is 0. The van der Waals surface area contributed by atoms with E-state index in [4.69, 9.17) is 19.3 Å². The van der Waals surface area contributed by atoms with E-state index in [0.717, 1.165) is 25.7 Å². The molecule has 0 aliphatic heterocycles. The van der Waals surface area contributed by atoms with Crippen LogP contribution < -0.4 is 0 Å². The first kappa shape index (κ1) is 19.8. The number of aliphatic hydroxyl groups is 1. The lowest BCUT2D eigenvalue weighted by molar-refractivity contribution is -0.0921. The lowest BCUT2D eigenvalue weighted by Crippen LogP contribution is -2.28. The predicted octanol–water partition coefficient (Wildman–Crippen LogP) is 3.16. The van der Waals surface area contributed by atoms with E-state index in [1.807, 2.05) is 13.8 Å². The fourth-order valence-electron chi connectivity index (χ4n) is 1.99. The van der Waals surface area contributed by atoms with Crippen molar-refractivity contribution in [1.82, 2.24) is 0 Å². The van der Waals surface area contributed by atoms with Gasteiger partial charge in [0, 0.05) is 0 Å². The quantitative estimate of drug-likeness (QED) is 0.566. The largest absolute Gasteiger partial charge is 0.394 e. The molecule has 0 rings (SSSR count). The molecular weight excluding hydrogens is 256 g/mol. The second-order valence-electron chi connectivity index (χ2n) is 5.62. The van der Waals surface area contributed by atoms with E-state index in [-0.39, 0.29) is 24.9 Å². The van der Waals surface area contributed by atoms with Gasteiger partial charge in [-0.05, 0) is 33.6 Å². The highest BCUT2D eigenvalue weighted by Crippen LogP contribution is 2.12. The van der Waals surface area contributed by atoms with E-state index >= 15 is 0 Å². The molecule has 3 unspecified atom stereocenters. The van der Waals surface area contributed by atoms with E-state index in [0.29, 0.717) is 19.3 Å². The standard InChI is InChI=1S/C16H34O4/c1-6-8-16(9-7-2)20-15(5)12-19-14(4)11-18-13(3)10-17/h13-17H,6-12H2,1-5H3. The van der Waals surface area contributed by atoms with Gasteiger partial charge in [0.2, 0.25) is 0 Å². The summed E-state index contributed by atoms with van der Waals surface area (Å²) in [5.74, 6) is 0. The first-order valence-electron chi connectivity index (χ1n) is 8.02. The zero-order chi connectivity index (χ0) is 15.4. The molecule has 0 aromatic heterocycles. The molecular formula is C16H34O4. The van der Waals surface area contributed by atoms with Gasteiger partial charge in [0.15, 0.2) is 0 Å². The van der Waals surface area contributed by atoms with E-state index < -0.39 is 0 Å². The summed E-state index contributed by atoms with van der Waals surface area (Å²) in [6.07, 6.45) is 4.89. The van der Waals surface area contributed by atoms with Crippen LogP contribution in [0.1, 0.15) is 60.3 Å². The van der Waals surface area contributed by atoms with Crippen molar-refractivity contribution in [2.45, 2.75) is 84.7 Å². The molecule has 4 heteroatoms. The van der Waals surface area contributed by atoms with Crippen LogP contribution in [0.4, 0.5) is 0 Å². The van der Waals surface area contributed by atoms with Gasteiger partial charge in [-0.3, -0.25) is 0 Å². The summed E-state index contributed by atoms with van der Waals surface area (Å²) < 4.78 is 17.2. The van der Waals surface area contributed by atoms with Gasteiger partial charge in [0.25, 0.3) is 0 Å². The van der Waals surface area contributed by atoms with Crippen molar-refractivity contribution < 1.29 is 19.3 Å². The lowest BCUT2D eigenvalue weighted by Gasteiger charge is -2.23. The Balaban J connectivity index is 3.81. The minimum absolute atomic E-state index is 0.0193. The number of ether oxygens (including phenoxy) is 3. The van der Waals surface area contributed by atoms with Crippen LogP contribution >= 0.6 is 0 Å². The van der Waals surface area contributed by atoms with E-state index in [2.05, 4.69) is 20.8 Å². The highest BCUT2D eigenvalue weighted by Gasteiger charge is 2.14. The molecule has 0 spiro atoms. The summed E-state index contributed by atoms with van der Waals surface area (Å²) in [7, 11) is 0. The van der Waals surface area contributed by atoms with Gasteiger partial charge < -0.3 is 19.3 Å². The van der Waals surface area contributed by atoms with Gasteiger partial charge in [0.1, 0.15) is 0 Å². The molecule has 20 heavy (non-hydrogen) atoms. The van der Waals surface area contributed by atoms with Crippen molar-refractivity contribution in [1.29, 1.82) is 0 Å². The van der Waals surface area contributed by atoms with Gasteiger partial charge in [-0.25, -0.2) is 0 Å². The highest BCUT2D eigenvalue weighted by molar-refractivity contribution is 4.61. The zero-order valence-corrected chi connectivity index (χ0v) is 13.9. The lowest BCUT2D eigenvalue weighted by atomic mass is 10.1. The molecule has 3 atom stereocenters. The highest BCUT2D eigenvalue weighted by atomic mass is 16.6. The smallest absolute Gasteiger partial charge is 0.0784 e. The zero-order valence-electron chi connectivity index (χ0n) is 13.9. The first-order chi connectivity index (χ1) is 9.53. The van der Waals surface area contributed by atoms with Crippen LogP contribution in [0.15, 0.2) is 0 Å². The fourth-order valence-corrected chi connectivity index (χ4v) is 1.99. The van der Waals surface area contributed by atoms with Crippen molar-refractivity contribution in [3.05, 3.63) is 0 Å². The predicted molar refractivity (Wildman–Crippen MR) is 82.1 cm³/mol. The van der Waals surface area contributed by atoms with Crippen LogP contribution in [0, 0.1) is 0 Å². The molecule has 122 valence electrons. The van der Waals surface area contributed by atoms with Crippen LogP contribution in [0.5, 0.6) is 0 Å². The summed E-state index contributed by atoms with van der Waals surface area (Å²) in [5.41, 5.74) is 0. The molecule has 0 heterocycles. The van der Waals surface area contributed by atoms with Crippen LogP contribution in [-0.2, 0) is 14.2 Å². The molecule has 0 saturated carbocycles. The van der Waals surface area contributed by atoms with Gasteiger partial charge in [-0.2, -0.15) is 0 Å². The molecule has 0 fully saturated rings. The third-order valence-corrected chi connectivity index (χ3v) is 3.13. The maximum Gasteiger partial charge on any atom is 0.0784 e. The third kappa shape index (κ3) is 10.6. The molecule has 0 amide bonds. The first-order valence-corrected chi connectivity index (χ1v) is 8.02. The van der Waals surface area contributed by atoms with Crippen LogP contribution in [0.25, 0.3) is 0 Å². The molecule has 0 aliphatic rings. The van der Waals surface area contributed by atoms with Crippen LogP contribution in [0.3, 0.4) is 0 Å². The van der Waals surface area contributed by atoms with Crippen LogP contribution in [0.2, 0.25) is 0 Å². The Labute approximate surface area is 124 Å². The second-order valence-corrected chi connectivity index (χ2v) is 5.62. The summed E-state index contributed by atoms with van der Waals surface area (Å²) in [6, 6.07) is 0. The average Bonchev–Trinajstić information content (AvgIpc) is 2.43. The third-order valence-electron chi connectivity index (χ3n) is 3.13.